The normalized spacial score (nSPS) is 11.8. The molecular formula is C26H26N2S. The zero-order chi connectivity index (χ0) is 20.2. The summed E-state index contributed by atoms with van der Waals surface area (Å²) in [5, 5.41) is 2.24. The van der Waals surface area contributed by atoms with Gasteiger partial charge in [0.1, 0.15) is 0 Å². The van der Waals surface area contributed by atoms with E-state index in [1.807, 2.05) is 0 Å². The Kier molecular flexibility index (Phi) is 5.77. The highest BCUT2D eigenvalue weighted by molar-refractivity contribution is 7.07. The van der Waals surface area contributed by atoms with Crippen molar-refractivity contribution in [3.05, 3.63) is 105 Å². The molecule has 0 amide bonds. The van der Waals surface area contributed by atoms with E-state index in [1.54, 1.807) is 11.3 Å². The zero-order valence-electron chi connectivity index (χ0n) is 17.2. The van der Waals surface area contributed by atoms with Crippen molar-refractivity contribution >= 4 is 17.0 Å². The average molecular weight is 399 g/mol. The highest BCUT2D eigenvalue weighted by Gasteiger charge is 2.10. The molecule has 146 valence electrons. The fraction of sp³-hybridized carbons (Fsp3) is 0.192. The molecule has 4 aromatic rings. The molecular weight excluding hydrogens is 372 g/mol. The Morgan fingerprint density at radius 1 is 0.828 bits per heavy atom. The van der Waals surface area contributed by atoms with Crippen LogP contribution in [0.3, 0.4) is 0 Å². The summed E-state index contributed by atoms with van der Waals surface area (Å²) >= 11 is 1.71. The summed E-state index contributed by atoms with van der Waals surface area (Å²) in [4.78, 5) is 6.00. The molecule has 3 heteroatoms. The highest BCUT2D eigenvalue weighted by Crippen LogP contribution is 2.24. The van der Waals surface area contributed by atoms with Gasteiger partial charge in [-0.05, 0) is 67.6 Å². The van der Waals surface area contributed by atoms with Gasteiger partial charge in [-0.15, -0.1) is 11.3 Å². The second-order valence-corrected chi connectivity index (χ2v) is 8.37. The molecule has 0 aliphatic carbocycles. The number of nitrogens with zero attached hydrogens (tertiary/aromatic N) is 2. The van der Waals surface area contributed by atoms with Crippen molar-refractivity contribution in [1.29, 1.82) is 0 Å². The van der Waals surface area contributed by atoms with E-state index in [-0.39, 0.29) is 0 Å². The SMILES string of the molecule is Cc1ccc(N=c2scc(-c3ccc(C)c(C)c3)n2CCc2ccccc2)cc1. The van der Waals surface area contributed by atoms with E-state index < -0.39 is 0 Å². The molecule has 0 spiro atoms. The van der Waals surface area contributed by atoms with Crippen molar-refractivity contribution in [1.82, 2.24) is 4.57 Å². The maximum absolute atomic E-state index is 4.96. The van der Waals surface area contributed by atoms with Crippen LogP contribution in [-0.4, -0.2) is 4.57 Å². The summed E-state index contributed by atoms with van der Waals surface area (Å²) in [6.07, 6.45) is 0.983. The summed E-state index contributed by atoms with van der Waals surface area (Å²) in [6, 6.07) is 25.8. The van der Waals surface area contributed by atoms with Gasteiger partial charge >= 0.3 is 0 Å². The predicted octanol–water partition coefficient (Wildman–Crippen LogP) is 6.62. The van der Waals surface area contributed by atoms with Gasteiger partial charge < -0.3 is 4.57 Å². The van der Waals surface area contributed by atoms with Gasteiger partial charge in [0, 0.05) is 11.9 Å². The minimum atomic E-state index is 0.903. The molecule has 0 fully saturated rings. The lowest BCUT2D eigenvalue weighted by molar-refractivity contribution is 0.684. The largest absolute Gasteiger partial charge is 0.316 e. The Morgan fingerprint density at radius 2 is 1.59 bits per heavy atom. The topological polar surface area (TPSA) is 17.3 Å². The number of thiazole rings is 1. The van der Waals surface area contributed by atoms with E-state index in [0.29, 0.717) is 0 Å². The van der Waals surface area contributed by atoms with Gasteiger partial charge in [0.25, 0.3) is 0 Å². The Balaban J connectivity index is 1.77. The predicted molar refractivity (Wildman–Crippen MR) is 124 cm³/mol. The van der Waals surface area contributed by atoms with Crippen LogP contribution >= 0.6 is 11.3 Å². The first kappa shape index (κ1) is 19.4. The maximum Gasteiger partial charge on any atom is 0.190 e. The van der Waals surface area contributed by atoms with Crippen LogP contribution in [0.4, 0.5) is 5.69 Å². The molecule has 0 bridgehead atoms. The van der Waals surface area contributed by atoms with Gasteiger partial charge in [0.15, 0.2) is 4.80 Å². The van der Waals surface area contributed by atoms with Crippen molar-refractivity contribution in [2.75, 3.05) is 0 Å². The molecule has 4 rings (SSSR count). The molecule has 0 saturated heterocycles. The summed E-state index contributed by atoms with van der Waals surface area (Å²) in [6.45, 7) is 7.35. The van der Waals surface area contributed by atoms with E-state index in [9.17, 15) is 0 Å². The number of aromatic nitrogens is 1. The van der Waals surface area contributed by atoms with Crippen molar-refractivity contribution in [3.8, 4) is 11.3 Å². The minimum Gasteiger partial charge on any atom is -0.316 e. The number of hydrogen-bond donors (Lipinski definition) is 0. The smallest absolute Gasteiger partial charge is 0.190 e. The molecule has 0 atom stereocenters. The molecule has 2 nitrogen and oxygen atoms in total. The van der Waals surface area contributed by atoms with Crippen LogP contribution in [0.1, 0.15) is 22.3 Å². The average Bonchev–Trinajstić information content (AvgIpc) is 3.13. The second-order valence-electron chi connectivity index (χ2n) is 7.54. The molecule has 0 aliphatic heterocycles. The number of hydrogen-bond acceptors (Lipinski definition) is 2. The molecule has 0 unspecified atom stereocenters. The monoisotopic (exact) mass is 398 g/mol. The number of benzene rings is 3. The molecule has 29 heavy (non-hydrogen) atoms. The van der Waals surface area contributed by atoms with E-state index >= 15 is 0 Å². The lowest BCUT2D eigenvalue weighted by Gasteiger charge is -2.11. The summed E-state index contributed by atoms with van der Waals surface area (Å²) in [7, 11) is 0. The van der Waals surface area contributed by atoms with Gasteiger partial charge in [-0.1, -0.05) is 60.2 Å². The standard InChI is InChI=1S/C26H26N2S/c1-19-9-13-24(14-10-19)27-26-28(16-15-22-7-5-4-6-8-22)25(18-29-26)23-12-11-20(2)21(3)17-23/h4-14,17-18H,15-16H2,1-3H3. The summed E-state index contributed by atoms with van der Waals surface area (Å²) < 4.78 is 2.36. The summed E-state index contributed by atoms with van der Waals surface area (Å²) in [5.74, 6) is 0. The van der Waals surface area contributed by atoms with Crippen molar-refractivity contribution in [3.63, 3.8) is 0 Å². The van der Waals surface area contributed by atoms with E-state index in [4.69, 9.17) is 4.99 Å². The number of aryl methyl sites for hydroxylation is 4. The van der Waals surface area contributed by atoms with Gasteiger partial charge in [-0.2, -0.15) is 0 Å². The van der Waals surface area contributed by atoms with Crippen molar-refractivity contribution < 1.29 is 0 Å². The fourth-order valence-electron chi connectivity index (χ4n) is 3.38. The first-order chi connectivity index (χ1) is 14.1. The van der Waals surface area contributed by atoms with Gasteiger partial charge in [0.2, 0.25) is 0 Å². The maximum atomic E-state index is 4.96. The third-order valence-electron chi connectivity index (χ3n) is 5.33. The van der Waals surface area contributed by atoms with Crippen LogP contribution in [0.5, 0.6) is 0 Å². The van der Waals surface area contributed by atoms with Crippen LogP contribution in [0.15, 0.2) is 83.2 Å². The van der Waals surface area contributed by atoms with Crippen LogP contribution < -0.4 is 4.80 Å². The first-order valence-corrected chi connectivity index (χ1v) is 10.9. The molecule has 0 N–H and O–H groups in total. The molecule has 1 aromatic heterocycles. The molecule has 0 aliphatic rings. The van der Waals surface area contributed by atoms with E-state index in [1.165, 1.54) is 33.5 Å². The van der Waals surface area contributed by atoms with E-state index in [2.05, 4.69) is 104 Å². The van der Waals surface area contributed by atoms with Crippen LogP contribution in [0.2, 0.25) is 0 Å². The van der Waals surface area contributed by atoms with Gasteiger partial charge in [-0.3, -0.25) is 0 Å². The Bertz CT molecular complexity index is 1170. The fourth-order valence-corrected chi connectivity index (χ4v) is 4.34. The Labute approximate surface area is 176 Å². The molecule has 1 heterocycles. The molecule has 0 saturated carbocycles. The third kappa shape index (κ3) is 4.57. The zero-order valence-corrected chi connectivity index (χ0v) is 18.0. The van der Waals surface area contributed by atoms with Gasteiger partial charge in [0.05, 0.1) is 11.4 Å². The third-order valence-corrected chi connectivity index (χ3v) is 6.19. The Morgan fingerprint density at radius 3 is 2.31 bits per heavy atom. The van der Waals surface area contributed by atoms with Crippen LogP contribution in [0.25, 0.3) is 11.3 Å². The Hall–Kier alpha value is -2.91. The van der Waals surface area contributed by atoms with E-state index in [0.717, 1.165) is 23.5 Å². The van der Waals surface area contributed by atoms with Crippen molar-refractivity contribution in [2.45, 2.75) is 33.7 Å². The quantitative estimate of drug-likeness (QED) is 0.359. The minimum absolute atomic E-state index is 0.903. The lowest BCUT2D eigenvalue weighted by Crippen LogP contribution is -2.17. The lowest BCUT2D eigenvalue weighted by atomic mass is 10.0. The second kappa shape index (κ2) is 8.62. The van der Waals surface area contributed by atoms with Crippen molar-refractivity contribution in [2.24, 2.45) is 4.99 Å². The molecule has 0 radical (unpaired) electrons. The van der Waals surface area contributed by atoms with Crippen LogP contribution in [-0.2, 0) is 13.0 Å². The highest BCUT2D eigenvalue weighted by atomic mass is 32.1. The number of rotatable bonds is 5. The first-order valence-electron chi connectivity index (χ1n) is 10.0. The van der Waals surface area contributed by atoms with Crippen LogP contribution in [0, 0.1) is 20.8 Å². The molecule has 3 aromatic carbocycles. The summed E-state index contributed by atoms with van der Waals surface area (Å²) in [5.41, 5.74) is 8.73. The van der Waals surface area contributed by atoms with Gasteiger partial charge in [-0.25, -0.2) is 4.99 Å².